The van der Waals surface area contributed by atoms with Crippen molar-refractivity contribution in [1.82, 2.24) is 0 Å². The highest BCUT2D eigenvalue weighted by molar-refractivity contribution is 7.80. The van der Waals surface area contributed by atoms with Crippen LogP contribution >= 0.6 is 23.8 Å². The first kappa shape index (κ1) is 29.5. The van der Waals surface area contributed by atoms with Gasteiger partial charge in [-0.2, -0.15) is 0 Å². The Bertz CT molecular complexity index is 1380. The molecule has 212 valence electrons. The van der Waals surface area contributed by atoms with Crippen LogP contribution in [0.1, 0.15) is 36.1 Å². The second-order valence-electron chi connectivity index (χ2n) is 8.90. The van der Waals surface area contributed by atoms with Crippen LogP contribution in [0, 0.1) is 0 Å². The number of ether oxygens (including phenoxy) is 6. The third-order valence-corrected chi connectivity index (χ3v) is 7.32. The summed E-state index contributed by atoms with van der Waals surface area (Å²) in [5, 5.41) is 0.519. The minimum Gasteiger partial charge on any atom is -0.497 e. The van der Waals surface area contributed by atoms with Crippen LogP contribution in [0.15, 0.2) is 54.6 Å². The third-order valence-electron chi connectivity index (χ3n) is 6.60. The van der Waals surface area contributed by atoms with Crippen molar-refractivity contribution in [3.63, 3.8) is 0 Å². The van der Waals surface area contributed by atoms with E-state index in [2.05, 4.69) is 0 Å². The summed E-state index contributed by atoms with van der Waals surface area (Å²) in [6.07, 6.45) is -1.57. The number of rotatable bonds is 10. The Morgan fingerprint density at radius 1 is 0.950 bits per heavy atom. The van der Waals surface area contributed by atoms with Crippen molar-refractivity contribution in [2.75, 3.05) is 39.9 Å². The average molecular weight is 586 g/mol. The van der Waals surface area contributed by atoms with Crippen LogP contribution in [0.4, 0.5) is 5.69 Å². The Kier molecular flexibility index (Phi) is 9.73. The number of halogens is 1. The average Bonchev–Trinajstić information content (AvgIpc) is 3.07. The molecule has 40 heavy (non-hydrogen) atoms. The Balaban J connectivity index is 1.90. The molecule has 0 bridgehead atoms. The molecule has 0 radical (unpaired) electrons. The minimum absolute atomic E-state index is 0.0760. The molecule has 0 unspecified atom stereocenters. The molecule has 0 saturated carbocycles. The second kappa shape index (κ2) is 13.2. The molecule has 3 aromatic rings. The quantitative estimate of drug-likeness (QED) is 0.206. The predicted octanol–water partition coefficient (Wildman–Crippen LogP) is 6.15. The number of hydrogen-bond acceptors (Lipinski definition) is 8. The van der Waals surface area contributed by atoms with Crippen molar-refractivity contribution in [1.29, 1.82) is 0 Å². The summed E-state index contributed by atoms with van der Waals surface area (Å²) >= 11 is 12.6. The maximum absolute atomic E-state index is 12.7. The van der Waals surface area contributed by atoms with E-state index in [1.807, 2.05) is 47.4 Å². The molecule has 0 N–H and O–H groups in total. The SMILES string of the molecule is CCOC(=O)C[C@H]1O[C@H](c2cccc(OC)c2OC)c2cc(Cl)ccc2N(Cc2ccc(OC)cc2OC)C1=S. The van der Waals surface area contributed by atoms with Crippen molar-refractivity contribution in [3.8, 4) is 23.0 Å². The first-order valence-corrected chi connectivity index (χ1v) is 13.5. The molecule has 4 rings (SSSR count). The summed E-state index contributed by atoms with van der Waals surface area (Å²) in [4.78, 5) is 15.1. The van der Waals surface area contributed by atoms with E-state index in [1.165, 1.54) is 0 Å². The molecule has 3 aromatic carbocycles. The van der Waals surface area contributed by atoms with Gasteiger partial charge in [-0.3, -0.25) is 4.79 Å². The zero-order chi connectivity index (χ0) is 28.8. The summed E-state index contributed by atoms with van der Waals surface area (Å²) < 4.78 is 34.3. The van der Waals surface area contributed by atoms with Gasteiger partial charge in [0.05, 0.1) is 48.0 Å². The van der Waals surface area contributed by atoms with Crippen LogP contribution in [-0.2, 0) is 20.8 Å². The monoisotopic (exact) mass is 585 g/mol. The summed E-state index contributed by atoms with van der Waals surface area (Å²) in [5.41, 5.74) is 3.08. The highest BCUT2D eigenvalue weighted by Crippen LogP contribution is 2.46. The van der Waals surface area contributed by atoms with E-state index in [-0.39, 0.29) is 13.0 Å². The van der Waals surface area contributed by atoms with Crippen molar-refractivity contribution in [2.24, 2.45) is 0 Å². The van der Waals surface area contributed by atoms with Crippen LogP contribution in [0.25, 0.3) is 0 Å². The number of benzene rings is 3. The van der Waals surface area contributed by atoms with E-state index in [9.17, 15) is 4.79 Å². The normalized spacial score (nSPS) is 16.6. The molecular weight excluding hydrogens is 554 g/mol. The molecule has 0 saturated heterocycles. The molecule has 10 heteroatoms. The number of nitrogens with zero attached hydrogens (tertiary/aromatic N) is 1. The molecule has 1 aliphatic heterocycles. The van der Waals surface area contributed by atoms with Crippen molar-refractivity contribution in [2.45, 2.75) is 32.1 Å². The van der Waals surface area contributed by atoms with Crippen LogP contribution in [0.5, 0.6) is 23.0 Å². The number of anilines is 1. The fourth-order valence-corrected chi connectivity index (χ4v) is 5.23. The lowest BCUT2D eigenvalue weighted by molar-refractivity contribution is -0.145. The largest absolute Gasteiger partial charge is 0.497 e. The second-order valence-corrected chi connectivity index (χ2v) is 9.76. The number of thiocarbonyl (C=S) groups is 1. The van der Waals surface area contributed by atoms with Crippen LogP contribution in [-0.4, -0.2) is 52.1 Å². The minimum atomic E-state index is -0.801. The summed E-state index contributed by atoms with van der Waals surface area (Å²) in [6, 6.07) is 16.7. The van der Waals surface area contributed by atoms with Crippen LogP contribution < -0.4 is 23.8 Å². The summed E-state index contributed by atoms with van der Waals surface area (Å²) in [5.74, 6) is 1.93. The summed E-state index contributed by atoms with van der Waals surface area (Å²) in [7, 11) is 6.34. The van der Waals surface area contributed by atoms with Crippen molar-refractivity contribution < 1.29 is 33.2 Å². The highest BCUT2D eigenvalue weighted by atomic mass is 35.5. The van der Waals surface area contributed by atoms with Gasteiger partial charge in [0.1, 0.15) is 28.7 Å². The van der Waals surface area contributed by atoms with E-state index in [0.29, 0.717) is 45.1 Å². The molecular formula is C30H32ClNO7S. The highest BCUT2D eigenvalue weighted by Gasteiger charge is 2.37. The zero-order valence-corrected chi connectivity index (χ0v) is 24.6. The van der Waals surface area contributed by atoms with Gasteiger partial charge < -0.3 is 33.3 Å². The molecule has 8 nitrogen and oxygen atoms in total. The van der Waals surface area contributed by atoms with E-state index >= 15 is 0 Å². The van der Waals surface area contributed by atoms with Gasteiger partial charge in [-0.25, -0.2) is 0 Å². The molecule has 0 aliphatic carbocycles. The Morgan fingerprint density at radius 3 is 2.40 bits per heavy atom. The fourth-order valence-electron chi connectivity index (χ4n) is 4.75. The molecule has 0 fully saturated rings. The Labute approximate surface area is 244 Å². The number of carbonyl (C=O) groups is 1. The maximum Gasteiger partial charge on any atom is 0.308 e. The maximum atomic E-state index is 12.7. The van der Waals surface area contributed by atoms with Gasteiger partial charge in [0.15, 0.2) is 11.5 Å². The third kappa shape index (κ3) is 6.11. The van der Waals surface area contributed by atoms with Crippen LogP contribution in [0.3, 0.4) is 0 Å². The zero-order valence-electron chi connectivity index (χ0n) is 23.1. The number of carbonyl (C=O) groups excluding carboxylic acids is 1. The smallest absolute Gasteiger partial charge is 0.308 e. The van der Waals surface area contributed by atoms with Gasteiger partial charge in [0.2, 0.25) is 0 Å². The number of methoxy groups -OCH3 is 4. The molecule has 0 spiro atoms. The Morgan fingerprint density at radius 2 is 1.73 bits per heavy atom. The van der Waals surface area contributed by atoms with Gasteiger partial charge in [0, 0.05) is 33.5 Å². The van der Waals surface area contributed by atoms with E-state index in [0.717, 1.165) is 16.8 Å². The van der Waals surface area contributed by atoms with E-state index in [4.69, 9.17) is 52.2 Å². The van der Waals surface area contributed by atoms with Gasteiger partial charge in [-0.15, -0.1) is 0 Å². The van der Waals surface area contributed by atoms with Gasteiger partial charge in [-0.1, -0.05) is 36.0 Å². The lowest BCUT2D eigenvalue weighted by Gasteiger charge is -2.28. The lowest BCUT2D eigenvalue weighted by Crippen LogP contribution is -2.39. The van der Waals surface area contributed by atoms with Crippen molar-refractivity contribution >= 4 is 40.5 Å². The number of hydrogen-bond donors (Lipinski definition) is 0. The fraction of sp³-hybridized carbons (Fsp3) is 0.333. The molecule has 0 amide bonds. The molecule has 1 heterocycles. The van der Waals surface area contributed by atoms with Gasteiger partial charge >= 0.3 is 5.97 Å². The Hall–Kier alpha value is -3.53. The molecule has 1 aliphatic rings. The molecule has 0 aromatic heterocycles. The van der Waals surface area contributed by atoms with Gasteiger partial charge in [-0.05, 0) is 43.3 Å². The predicted molar refractivity (Wildman–Crippen MR) is 157 cm³/mol. The first-order chi connectivity index (χ1) is 19.3. The van der Waals surface area contributed by atoms with Crippen molar-refractivity contribution in [3.05, 3.63) is 76.3 Å². The lowest BCUT2D eigenvalue weighted by atomic mass is 9.97. The number of esters is 1. The van der Waals surface area contributed by atoms with E-state index in [1.54, 1.807) is 47.5 Å². The number of para-hydroxylation sites is 1. The van der Waals surface area contributed by atoms with Gasteiger partial charge in [0.25, 0.3) is 0 Å². The molecule has 2 atom stereocenters. The standard InChI is InChI=1S/C30H32ClNO7S/c1-6-38-27(33)16-26-30(40)32(17-18-10-12-20(34-2)15-25(18)36-4)23-13-11-19(31)14-22(23)28(39-26)21-8-7-9-24(35-3)29(21)37-5/h7-15,26,28H,6,16-17H2,1-5H3/t26-,28-/m1/s1. The van der Waals surface area contributed by atoms with Crippen LogP contribution in [0.2, 0.25) is 5.02 Å². The first-order valence-electron chi connectivity index (χ1n) is 12.7. The number of fused-ring (bicyclic) bond motifs is 1. The summed E-state index contributed by atoms with van der Waals surface area (Å²) in [6.45, 7) is 2.34. The van der Waals surface area contributed by atoms with E-state index < -0.39 is 18.2 Å². The topological polar surface area (TPSA) is 75.7 Å².